The number of anilines is 3. The molecule has 0 aliphatic heterocycles. The van der Waals surface area contributed by atoms with Gasteiger partial charge in [0.2, 0.25) is 0 Å². The fourth-order valence-corrected chi connectivity index (χ4v) is 1.96. The van der Waals surface area contributed by atoms with E-state index in [1.54, 1.807) is 18.3 Å². The van der Waals surface area contributed by atoms with Gasteiger partial charge in [-0.2, -0.15) is 0 Å². The molecule has 0 spiro atoms. The first kappa shape index (κ1) is 11.5. The summed E-state index contributed by atoms with van der Waals surface area (Å²) < 4.78 is 12.9. The summed E-state index contributed by atoms with van der Waals surface area (Å²) in [5.41, 5.74) is 8.98. The molecule has 0 aliphatic carbocycles. The highest BCUT2D eigenvalue weighted by atomic mass is 19.1. The van der Waals surface area contributed by atoms with E-state index in [4.69, 9.17) is 5.73 Å². The Bertz CT molecular complexity index is 723. The zero-order valence-corrected chi connectivity index (χ0v) is 10.1. The Kier molecular flexibility index (Phi) is 2.76. The molecule has 19 heavy (non-hydrogen) atoms. The van der Waals surface area contributed by atoms with E-state index in [1.165, 1.54) is 12.1 Å². The molecule has 0 saturated carbocycles. The maximum atomic E-state index is 12.9. The van der Waals surface area contributed by atoms with Crippen LogP contribution in [-0.4, -0.2) is 4.98 Å². The van der Waals surface area contributed by atoms with Crippen molar-refractivity contribution in [3.8, 4) is 0 Å². The topological polar surface area (TPSA) is 50.9 Å². The summed E-state index contributed by atoms with van der Waals surface area (Å²) in [6, 6.07) is 13.7. The number of fused-ring (bicyclic) bond motifs is 1. The van der Waals surface area contributed by atoms with Gasteiger partial charge in [-0.25, -0.2) is 4.39 Å². The molecule has 94 valence electrons. The fraction of sp³-hybridized carbons (Fsp3) is 0. The minimum Gasteiger partial charge on any atom is -0.399 e. The normalized spacial score (nSPS) is 10.6. The third kappa shape index (κ3) is 2.33. The van der Waals surface area contributed by atoms with Gasteiger partial charge in [0.1, 0.15) is 5.82 Å². The van der Waals surface area contributed by atoms with Crippen LogP contribution in [0.5, 0.6) is 0 Å². The molecule has 3 rings (SSSR count). The van der Waals surface area contributed by atoms with Gasteiger partial charge in [-0.1, -0.05) is 0 Å². The van der Waals surface area contributed by atoms with Crippen molar-refractivity contribution in [3.05, 3.63) is 60.5 Å². The molecule has 3 nitrogen and oxygen atoms in total. The van der Waals surface area contributed by atoms with Crippen LogP contribution in [0.2, 0.25) is 0 Å². The minimum atomic E-state index is -0.252. The number of hydrogen-bond donors (Lipinski definition) is 2. The first-order valence-electron chi connectivity index (χ1n) is 5.89. The molecule has 4 heteroatoms. The number of pyridine rings is 1. The molecule has 3 N–H and O–H groups in total. The van der Waals surface area contributed by atoms with E-state index in [0.29, 0.717) is 5.69 Å². The molecule has 0 aliphatic rings. The Morgan fingerprint density at radius 1 is 1.00 bits per heavy atom. The number of aromatic nitrogens is 1. The van der Waals surface area contributed by atoms with Crippen LogP contribution in [0, 0.1) is 5.82 Å². The zero-order chi connectivity index (χ0) is 13.2. The van der Waals surface area contributed by atoms with Crippen LogP contribution in [0.3, 0.4) is 0 Å². The van der Waals surface area contributed by atoms with Crippen LogP contribution in [0.25, 0.3) is 10.9 Å². The predicted octanol–water partition coefficient (Wildman–Crippen LogP) is 3.70. The third-order valence-electron chi connectivity index (χ3n) is 2.89. The first-order chi connectivity index (χ1) is 9.22. The van der Waals surface area contributed by atoms with E-state index in [2.05, 4.69) is 10.3 Å². The fourth-order valence-electron chi connectivity index (χ4n) is 1.96. The molecule has 0 radical (unpaired) electrons. The Morgan fingerprint density at radius 2 is 1.79 bits per heavy atom. The highest BCUT2D eigenvalue weighted by molar-refractivity contribution is 5.94. The maximum Gasteiger partial charge on any atom is 0.123 e. The number of halogens is 1. The van der Waals surface area contributed by atoms with E-state index in [-0.39, 0.29) is 5.82 Å². The Balaban J connectivity index is 2.03. The molecule has 0 bridgehead atoms. The van der Waals surface area contributed by atoms with Crippen molar-refractivity contribution in [1.82, 2.24) is 4.98 Å². The number of nitrogens with zero attached hydrogens (tertiary/aromatic N) is 1. The summed E-state index contributed by atoms with van der Waals surface area (Å²) in [4.78, 5) is 4.28. The highest BCUT2D eigenvalue weighted by Crippen LogP contribution is 2.26. The number of rotatable bonds is 2. The van der Waals surface area contributed by atoms with Crippen LogP contribution in [0.1, 0.15) is 0 Å². The molecule has 0 unspecified atom stereocenters. The number of hydrogen-bond acceptors (Lipinski definition) is 3. The van der Waals surface area contributed by atoms with Crippen LogP contribution >= 0.6 is 0 Å². The van der Waals surface area contributed by atoms with E-state index in [0.717, 1.165) is 22.3 Å². The van der Waals surface area contributed by atoms with E-state index < -0.39 is 0 Å². The molecular formula is C15H12FN3. The molecule has 0 atom stereocenters. The zero-order valence-electron chi connectivity index (χ0n) is 10.1. The van der Waals surface area contributed by atoms with Gasteiger partial charge in [0.15, 0.2) is 0 Å². The third-order valence-corrected chi connectivity index (χ3v) is 2.89. The standard InChI is InChI=1S/C15H12FN3/c16-10-1-4-12(5-2-10)19-14-7-8-18-15-9-11(17)3-6-13(14)15/h1-9H,17H2,(H,18,19). The SMILES string of the molecule is Nc1ccc2c(Nc3ccc(F)cc3)ccnc2c1. The molecule has 1 aromatic heterocycles. The van der Waals surface area contributed by atoms with Crippen LogP contribution in [0.15, 0.2) is 54.7 Å². The van der Waals surface area contributed by atoms with Crippen molar-refractivity contribution in [2.45, 2.75) is 0 Å². The van der Waals surface area contributed by atoms with Gasteiger partial charge < -0.3 is 11.1 Å². The van der Waals surface area contributed by atoms with Crippen molar-refractivity contribution < 1.29 is 4.39 Å². The lowest BCUT2D eigenvalue weighted by Crippen LogP contribution is -1.93. The van der Waals surface area contributed by atoms with Gasteiger partial charge in [0.25, 0.3) is 0 Å². The molecule has 0 fully saturated rings. The summed E-state index contributed by atoms with van der Waals surface area (Å²) in [6.45, 7) is 0. The number of nitrogens with two attached hydrogens (primary N) is 1. The van der Waals surface area contributed by atoms with Gasteiger partial charge in [0.05, 0.1) is 5.52 Å². The van der Waals surface area contributed by atoms with E-state index >= 15 is 0 Å². The van der Waals surface area contributed by atoms with Crippen molar-refractivity contribution in [1.29, 1.82) is 0 Å². The van der Waals surface area contributed by atoms with Gasteiger partial charge in [-0.15, -0.1) is 0 Å². The van der Waals surface area contributed by atoms with Crippen molar-refractivity contribution in [3.63, 3.8) is 0 Å². The van der Waals surface area contributed by atoms with Crippen LogP contribution in [0.4, 0.5) is 21.5 Å². The number of nitrogen functional groups attached to an aromatic ring is 1. The highest BCUT2D eigenvalue weighted by Gasteiger charge is 2.03. The second-order valence-corrected chi connectivity index (χ2v) is 4.27. The second-order valence-electron chi connectivity index (χ2n) is 4.27. The molecule has 0 saturated heterocycles. The van der Waals surface area contributed by atoms with Gasteiger partial charge >= 0.3 is 0 Å². The molecule has 0 amide bonds. The van der Waals surface area contributed by atoms with Gasteiger partial charge in [0, 0.05) is 28.6 Å². The molecule has 2 aromatic carbocycles. The second kappa shape index (κ2) is 4.57. The first-order valence-corrected chi connectivity index (χ1v) is 5.89. The average Bonchev–Trinajstić information content (AvgIpc) is 2.41. The summed E-state index contributed by atoms with van der Waals surface area (Å²) in [5.74, 6) is -0.252. The lowest BCUT2D eigenvalue weighted by molar-refractivity contribution is 0.628. The van der Waals surface area contributed by atoms with E-state index in [9.17, 15) is 4.39 Å². The lowest BCUT2D eigenvalue weighted by Gasteiger charge is -2.09. The van der Waals surface area contributed by atoms with Crippen LogP contribution in [-0.2, 0) is 0 Å². The van der Waals surface area contributed by atoms with Crippen LogP contribution < -0.4 is 11.1 Å². The van der Waals surface area contributed by atoms with Crippen molar-refractivity contribution in [2.75, 3.05) is 11.1 Å². The Morgan fingerprint density at radius 3 is 2.58 bits per heavy atom. The van der Waals surface area contributed by atoms with Crippen molar-refractivity contribution in [2.24, 2.45) is 0 Å². The Hall–Kier alpha value is -2.62. The lowest BCUT2D eigenvalue weighted by atomic mass is 10.1. The summed E-state index contributed by atoms with van der Waals surface area (Å²) in [7, 11) is 0. The molecule has 1 heterocycles. The smallest absolute Gasteiger partial charge is 0.123 e. The summed E-state index contributed by atoms with van der Waals surface area (Å²) >= 11 is 0. The summed E-state index contributed by atoms with van der Waals surface area (Å²) in [6.07, 6.45) is 1.72. The van der Waals surface area contributed by atoms with Crippen molar-refractivity contribution >= 4 is 28.0 Å². The van der Waals surface area contributed by atoms with Gasteiger partial charge in [-0.05, 0) is 48.5 Å². The monoisotopic (exact) mass is 253 g/mol. The minimum absolute atomic E-state index is 0.252. The predicted molar refractivity (Wildman–Crippen MR) is 75.8 cm³/mol. The number of benzene rings is 2. The molecular weight excluding hydrogens is 241 g/mol. The van der Waals surface area contributed by atoms with Gasteiger partial charge in [-0.3, -0.25) is 4.98 Å². The largest absolute Gasteiger partial charge is 0.399 e. The average molecular weight is 253 g/mol. The van der Waals surface area contributed by atoms with E-state index in [1.807, 2.05) is 24.3 Å². The number of nitrogens with one attached hydrogen (secondary N) is 1. The Labute approximate surface area is 109 Å². The quantitative estimate of drug-likeness (QED) is 0.685. The maximum absolute atomic E-state index is 12.9. The molecule has 3 aromatic rings. The summed E-state index contributed by atoms with van der Waals surface area (Å²) in [5, 5.41) is 4.22.